The summed E-state index contributed by atoms with van der Waals surface area (Å²) in [5.41, 5.74) is 8.22. The van der Waals surface area contributed by atoms with Crippen LogP contribution in [-0.2, 0) is 4.79 Å². The molecule has 2 aromatic carbocycles. The Labute approximate surface area is 133 Å². The fourth-order valence-electron chi connectivity index (χ4n) is 2.42. The van der Waals surface area contributed by atoms with E-state index in [1.165, 1.54) is 4.53 Å². The van der Waals surface area contributed by atoms with Crippen LogP contribution in [0.3, 0.4) is 0 Å². The highest BCUT2D eigenvalue weighted by Crippen LogP contribution is 2.36. The van der Waals surface area contributed by atoms with E-state index in [-0.39, 0.29) is 5.84 Å². The van der Waals surface area contributed by atoms with Crippen LogP contribution in [0.15, 0.2) is 59.6 Å². The second kappa shape index (κ2) is 5.69. The first-order chi connectivity index (χ1) is 10.6. The first-order valence-electron chi connectivity index (χ1n) is 6.82. The zero-order valence-electron chi connectivity index (χ0n) is 12.0. The Morgan fingerprint density at radius 3 is 2.55 bits per heavy atom. The van der Waals surface area contributed by atoms with Crippen molar-refractivity contribution in [2.75, 3.05) is 5.01 Å². The molecular weight excluding hydrogens is 300 g/mol. The van der Waals surface area contributed by atoms with Crippen LogP contribution in [0.4, 0.5) is 5.69 Å². The zero-order valence-corrected chi connectivity index (χ0v) is 12.7. The first kappa shape index (κ1) is 14.4. The van der Waals surface area contributed by atoms with Crippen molar-refractivity contribution in [3.63, 3.8) is 0 Å². The Hall–Kier alpha value is -2.53. The van der Waals surface area contributed by atoms with Gasteiger partial charge in [0.1, 0.15) is 0 Å². The molecule has 0 fully saturated rings. The molecule has 0 saturated heterocycles. The highest BCUT2D eigenvalue weighted by Gasteiger charge is 2.37. The Morgan fingerprint density at radius 2 is 1.91 bits per heavy atom. The number of halogens is 1. The minimum absolute atomic E-state index is 0.0250. The zero-order chi connectivity index (χ0) is 15.7. The van der Waals surface area contributed by atoms with Gasteiger partial charge in [0.05, 0.1) is 5.69 Å². The standard InChI is InChI=1S/C16H15ClN4O/c1-11-6-5-9-13(10-11)20-15(12-7-3-2-4-8-12)19-16(14(18)22)21(20)17/h2-10,15H,1H3,(H2,18,22). The number of aryl methyl sites for hydroxylation is 1. The molecular formula is C16H15ClN4O. The third kappa shape index (κ3) is 2.51. The molecule has 2 aromatic rings. The average Bonchev–Trinajstić information content (AvgIpc) is 2.86. The number of hydrogen-bond acceptors (Lipinski definition) is 4. The third-order valence-corrected chi connectivity index (χ3v) is 3.75. The molecule has 0 spiro atoms. The molecule has 2 N–H and O–H groups in total. The summed E-state index contributed by atoms with van der Waals surface area (Å²) in [6, 6.07) is 17.4. The molecule has 1 aliphatic rings. The predicted molar refractivity (Wildman–Crippen MR) is 87.2 cm³/mol. The van der Waals surface area contributed by atoms with Crippen LogP contribution in [0.25, 0.3) is 0 Å². The summed E-state index contributed by atoms with van der Waals surface area (Å²) in [5.74, 6) is -0.636. The van der Waals surface area contributed by atoms with E-state index in [1.807, 2.05) is 61.5 Å². The van der Waals surface area contributed by atoms with E-state index < -0.39 is 12.1 Å². The van der Waals surface area contributed by atoms with Crippen molar-refractivity contribution in [2.45, 2.75) is 13.1 Å². The summed E-state index contributed by atoms with van der Waals surface area (Å²) in [6.07, 6.45) is -0.428. The quantitative estimate of drug-likeness (QED) is 0.886. The number of nitrogens with zero attached hydrogens (tertiary/aromatic N) is 3. The van der Waals surface area contributed by atoms with Gasteiger partial charge in [-0.25, -0.2) is 10.0 Å². The predicted octanol–water partition coefficient (Wildman–Crippen LogP) is 2.77. The van der Waals surface area contributed by atoms with Gasteiger partial charge in [-0.05, 0) is 30.2 Å². The van der Waals surface area contributed by atoms with Crippen LogP contribution in [0.5, 0.6) is 0 Å². The molecule has 22 heavy (non-hydrogen) atoms. The Morgan fingerprint density at radius 1 is 1.18 bits per heavy atom. The molecule has 112 valence electrons. The number of amidine groups is 1. The number of amides is 1. The topological polar surface area (TPSA) is 61.9 Å². The maximum Gasteiger partial charge on any atom is 0.287 e. The van der Waals surface area contributed by atoms with E-state index in [9.17, 15) is 4.79 Å². The molecule has 0 radical (unpaired) electrons. The number of rotatable bonds is 3. The van der Waals surface area contributed by atoms with E-state index >= 15 is 0 Å². The molecule has 6 heteroatoms. The molecule has 3 rings (SSSR count). The number of benzene rings is 2. The Bertz CT molecular complexity index is 732. The summed E-state index contributed by atoms with van der Waals surface area (Å²) in [4.78, 5) is 16.0. The van der Waals surface area contributed by atoms with Gasteiger partial charge in [-0.1, -0.05) is 42.5 Å². The van der Waals surface area contributed by atoms with Crippen molar-refractivity contribution in [2.24, 2.45) is 10.7 Å². The van der Waals surface area contributed by atoms with Crippen molar-refractivity contribution < 1.29 is 4.79 Å². The van der Waals surface area contributed by atoms with Crippen LogP contribution < -0.4 is 10.7 Å². The fourth-order valence-corrected chi connectivity index (χ4v) is 2.72. The third-order valence-electron chi connectivity index (χ3n) is 3.42. The summed E-state index contributed by atoms with van der Waals surface area (Å²) in [6.45, 7) is 1.99. The largest absolute Gasteiger partial charge is 0.363 e. The van der Waals surface area contributed by atoms with Crippen molar-refractivity contribution >= 4 is 29.2 Å². The average molecular weight is 315 g/mol. The second-order valence-corrected chi connectivity index (χ2v) is 5.37. The smallest absolute Gasteiger partial charge is 0.287 e. The van der Waals surface area contributed by atoms with E-state index in [2.05, 4.69) is 4.99 Å². The summed E-state index contributed by atoms with van der Waals surface area (Å²) >= 11 is 6.30. The minimum Gasteiger partial charge on any atom is -0.363 e. The number of primary amides is 1. The van der Waals surface area contributed by atoms with Gasteiger partial charge in [0.2, 0.25) is 5.84 Å². The minimum atomic E-state index is -0.661. The highest BCUT2D eigenvalue weighted by molar-refractivity contribution is 6.45. The molecule has 0 bridgehead atoms. The van der Waals surface area contributed by atoms with Crippen LogP contribution in [0.1, 0.15) is 17.3 Å². The molecule has 5 nitrogen and oxygen atoms in total. The van der Waals surface area contributed by atoms with Crippen molar-refractivity contribution in [1.82, 2.24) is 4.53 Å². The Kier molecular flexibility index (Phi) is 3.73. The molecule has 1 amide bonds. The highest BCUT2D eigenvalue weighted by atomic mass is 35.5. The SMILES string of the molecule is Cc1cccc(N2C(c3ccccc3)N=C(C(N)=O)N2Cl)c1. The summed E-state index contributed by atoms with van der Waals surface area (Å²) < 4.78 is 1.19. The lowest BCUT2D eigenvalue weighted by molar-refractivity contribution is -0.112. The monoisotopic (exact) mass is 314 g/mol. The van der Waals surface area contributed by atoms with Gasteiger partial charge in [0.25, 0.3) is 5.91 Å². The van der Waals surface area contributed by atoms with Crippen LogP contribution in [0.2, 0.25) is 0 Å². The van der Waals surface area contributed by atoms with Gasteiger partial charge in [-0.2, -0.15) is 4.53 Å². The lowest BCUT2D eigenvalue weighted by Crippen LogP contribution is -2.40. The maximum absolute atomic E-state index is 11.6. The number of carbonyl (C=O) groups is 1. The number of hydrazine groups is 1. The van der Waals surface area contributed by atoms with Gasteiger partial charge in [0, 0.05) is 11.8 Å². The lowest BCUT2D eigenvalue weighted by Gasteiger charge is -2.30. The van der Waals surface area contributed by atoms with Crippen LogP contribution in [0, 0.1) is 6.92 Å². The van der Waals surface area contributed by atoms with E-state index in [0.717, 1.165) is 16.8 Å². The molecule has 1 unspecified atom stereocenters. The number of aliphatic imine (C=N–C) groups is 1. The van der Waals surface area contributed by atoms with Crippen molar-refractivity contribution in [3.8, 4) is 0 Å². The molecule has 1 heterocycles. The van der Waals surface area contributed by atoms with Gasteiger partial charge in [-0.3, -0.25) is 4.79 Å². The summed E-state index contributed by atoms with van der Waals surface area (Å²) in [7, 11) is 0. The fraction of sp³-hybridized carbons (Fsp3) is 0.125. The first-order valence-corrected chi connectivity index (χ1v) is 7.16. The lowest BCUT2D eigenvalue weighted by atomic mass is 10.1. The maximum atomic E-state index is 11.6. The van der Waals surface area contributed by atoms with E-state index in [1.54, 1.807) is 5.01 Å². The Balaban J connectivity index is 2.08. The molecule has 1 atom stereocenters. The van der Waals surface area contributed by atoms with Gasteiger partial charge in [0.15, 0.2) is 6.17 Å². The molecule has 0 aliphatic carbocycles. The van der Waals surface area contributed by atoms with Gasteiger partial charge < -0.3 is 5.73 Å². The molecule has 0 aromatic heterocycles. The van der Waals surface area contributed by atoms with Gasteiger partial charge in [-0.15, -0.1) is 0 Å². The number of anilines is 1. The molecule has 1 aliphatic heterocycles. The van der Waals surface area contributed by atoms with Crippen LogP contribution >= 0.6 is 11.8 Å². The molecule has 0 saturated carbocycles. The number of carbonyl (C=O) groups excluding carboxylic acids is 1. The van der Waals surface area contributed by atoms with Crippen molar-refractivity contribution in [3.05, 3.63) is 65.7 Å². The van der Waals surface area contributed by atoms with Gasteiger partial charge >= 0.3 is 0 Å². The van der Waals surface area contributed by atoms with E-state index in [4.69, 9.17) is 17.5 Å². The van der Waals surface area contributed by atoms with E-state index in [0.29, 0.717) is 0 Å². The number of hydrogen-bond donors (Lipinski definition) is 1. The number of nitrogens with two attached hydrogens (primary N) is 1. The normalized spacial score (nSPS) is 17.5. The van der Waals surface area contributed by atoms with Crippen molar-refractivity contribution in [1.29, 1.82) is 0 Å². The summed E-state index contributed by atoms with van der Waals surface area (Å²) in [5, 5.41) is 1.74. The van der Waals surface area contributed by atoms with Crippen LogP contribution in [-0.4, -0.2) is 16.3 Å². The second-order valence-electron chi connectivity index (χ2n) is 5.04.